The van der Waals surface area contributed by atoms with Gasteiger partial charge < -0.3 is 39.1 Å². The van der Waals surface area contributed by atoms with Crippen molar-refractivity contribution in [3.8, 4) is 22.9 Å². The van der Waals surface area contributed by atoms with Gasteiger partial charge in [-0.05, 0) is 97.1 Å². The van der Waals surface area contributed by atoms with Gasteiger partial charge in [-0.3, -0.25) is 9.59 Å². The smallest absolute Gasteiger partial charge is 0.274 e. The molecule has 1 aromatic carbocycles. The highest BCUT2D eigenvalue weighted by Gasteiger charge is 2.32. The molecule has 2 fully saturated rings. The Morgan fingerprint density at radius 3 is 1.89 bits per heavy atom. The van der Waals surface area contributed by atoms with E-state index in [1.54, 1.807) is 59.7 Å². The Labute approximate surface area is 226 Å². The van der Waals surface area contributed by atoms with Gasteiger partial charge >= 0.3 is 0 Å². The van der Waals surface area contributed by atoms with Crippen molar-refractivity contribution in [3.63, 3.8) is 0 Å². The molecule has 0 unspecified atom stereocenters. The highest BCUT2D eigenvalue weighted by molar-refractivity contribution is 5.97. The van der Waals surface area contributed by atoms with Gasteiger partial charge in [0.1, 0.15) is 5.75 Å². The molecule has 2 saturated heterocycles. The average Bonchev–Trinajstić information content (AvgIpc) is 3.16. The van der Waals surface area contributed by atoms with Crippen LogP contribution in [0, 0.1) is 6.92 Å². The van der Waals surface area contributed by atoms with Gasteiger partial charge in [0.25, 0.3) is 5.91 Å². The van der Waals surface area contributed by atoms with Crippen LogP contribution in [0.15, 0.2) is 24.3 Å². The first kappa shape index (κ1) is 29.3. The molecule has 1 aromatic heterocycles. The first-order chi connectivity index (χ1) is 18.1. The molecule has 0 spiro atoms. The van der Waals surface area contributed by atoms with E-state index in [9.17, 15) is 19.8 Å². The van der Waals surface area contributed by atoms with Crippen LogP contribution in [0.2, 0.25) is 0 Å². The van der Waals surface area contributed by atoms with E-state index >= 15 is 0 Å². The number of nitrogens with zero attached hydrogens (tertiary/aromatic N) is 5. The van der Waals surface area contributed by atoms with Crippen LogP contribution in [0.5, 0.6) is 17.2 Å². The topological polar surface area (TPSA) is 102 Å². The minimum atomic E-state index is -0.381. The summed E-state index contributed by atoms with van der Waals surface area (Å²) in [5, 5.41) is 20.7. The molecule has 2 N–H and O–H groups in total. The van der Waals surface area contributed by atoms with E-state index in [0.29, 0.717) is 23.2 Å². The molecule has 0 aliphatic carbocycles. The second-order valence-electron chi connectivity index (χ2n) is 10.4. The molecular weight excluding hydrogens is 486 g/mol. The number of carbonyl (C=O) groups excluding carboxylic acids is 2. The Morgan fingerprint density at radius 1 is 0.921 bits per heavy atom. The number of carbonyl (C=O) groups is 2. The van der Waals surface area contributed by atoms with E-state index in [4.69, 9.17) is 4.74 Å². The summed E-state index contributed by atoms with van der Waals surface area (Å²) in [6.07, 6.45) is 4.93. The Balaban J connectivity index is 0.000000304. The van der Waals surface area contributed by atoms with Crippen molar-refractivity contribution >= 4 is 12.3 Å². The maximum Gasteiger partial charge on any atom is 0.274 e. The van der Waals surface area contributed by atoms with E-state index in [1.807, 2.05) is 7.05 Å². The van der Waals surface area contributed by atoms with E-state index in [1.165, 1.54) is 0 Å². The fourth-order valence-electron chi connectivity index (χ4n) is 5.12. The number of aromatic nitrogens is 1. The number of likely N-dealkylation sites (tertiary alicyclic amines) is 2. The minimum absolute atomic E-state index is 0.0802. The molecule has 10 heteroatoms. The largest absolute Gasteiger partial charge is 0.503 e. The number of methoxy groups -OCH3 is 1. The number of benzene rings is 1. The Bertz CT molecular complexity index is 1070. The molecule has 38 heavy (non-hydrogen) atoms. The number of aromatic hydroxyl groups is 2. The molecule has 0 bridgehead atoms. The van der Waals surface area contributed by atoms with Gasteiger partial charge in [0.2, 0.25) is 6.41 Å². The third-order valence-electron chi connectivity index (χ3n) is 7.87. The summed E-state index contributed by atoms with van der Waals surface area (Å²) in [4.78, 5) is 31.6. The summed E-state index contributed by atoms with van der Waals surface area (Å²) in [5.41, 5.74) is 1.17. The average molecular weight is 530 g/mol. The standard InChI is InChI=1S/C20H27N3O4.C8H16N2O/c1-13-18(24)19(25)17(23(13)15-5-7-16(27-4)8-6-15)20(26)22(3)14-9-11-21(2)12-10-14;1-9-5-3-8(4-6-9)10(2)7-11/h5-8,14,24-25H,9-12H2,1-4H3;7-8H,3-6H2,1-2H3. The van der Waals surface area contributed by atoms with E-state index < -0.39 is 0 Å². The maximum atomic E-state index is 13.2. The number of ether oxygens (including phenoxy) is 1. The Morgan fingerprint density at radius 2 is 1.42 bits per heavy atom. The van der Waals surface area contributed by atoms with Gasteiger partial charge in [0, 0.05) is 31.9 Å². The van der Waals surface area contributed by atoms with E-state index in [-0.39, 0.29) is 29.1 Å². The van der Waals surface area contributed by atoms with Gasteiger partial charge in [-0.1, -0.05) is 0 Å². The second kappa shape index (κ2) is 13.0. The molecular formula is C28H43N5O5. The fourth-order valence-corrected chi connectivity index (χ4v) is 5.12. The summed E-state index contributed by atoms with van der Waals surface area (Å²) in [7, 11) is 9.40. The summed E-state index contributed by atoms with van der Waals surface area (Å²) < 4.78 is 6.78. The highest BCUT2D eigenvalue weighted by Crippen LogP contribution is 2.39. The monoisotopic (exact) mass is 529 g/mol. The summed E-state index contributed by atoms with van der Waals surface area (Å²) >= 11 is 0. The van der Waals surface area contributed by atoms with E-state index in [0.717, 1.165) is 58.3 Å². The molecule has 2 amide bonds. The van der Waals surface area contributed by atoms with Crippen LogP contribution in [0.25, 0.3) is 5.69 Å². The zero-order chi connectivity index (χ0) is 28.0. The summed E-state index contributed by atoms with van der Waals surface area (Å²) in [5.74, 6) is -0.270. The lowest BCUT2D eigenvalue weighted by molar-refractivity contribution is -0.119. The molecule has 10 nitrogen and oxygen atoms in total. The molecule has 2 aliphatic rings. The maximum absolute atomic E-state index is 13.2. The molecule has 4 rings (SSSR count). The van der Waals surface area contributed by atoms with Gasteiger partial charge in [0.15, 0.2) is 17.2 Å². The van der Waals surface area contributed by atoms with Crippen LogP contribution in [-0.4, -0.2) is 120 Å². The number of piperidine rings is 2. The third kappa shape index (κ3) is 6.60. The third-order valence-corrected chi connectivity index (χ3v) is 7.87. The molecule has 210 valence electrons. The zero-order valence-electron chi connectivity index (χ0n) is 23.6. The Kier molecular flexibility index (Phi) is 10.0. The first-order valence-electron chi connectivity index (χ1n) is 13.2. The van der Waals surface area contributed by atoms with Crippen molar-refractivity contribution in [2.24, 2.45) is 0 Å². The molecule has 2 aliphatic heterocycles. The highest BCUT2D eigenvalue weighted by atomic mass is 16.5. The first-order valence-corrected chi connectivity index (χ1v) is 13.2. The van der Waals surface area contributed by atoms with Gasteiger partial charge in [-0.15, -0.1) is 0 Å². The lowest BCUT2D eigenvalue weighted by atomic mass is 10.0. The Hall–Kier alpha value is -3.24. The number of rotatable bonds is 6. The fraction of sp³-hybridized carbons (Fsp3) is 0.571. The minimum Gasteiger partial charge on any atom is -0.503 e. The number of hydrogen-bond acceptors (Lipinski definition) is 7. The molecule has 2 aromatic rings. The second-order valence-corrected chi connectivity index (χ2v) is 10.4. The summed E-state index contributed by atoms with van der Waals surface area (Å²) in [6, 6.07) is 7.71. The predicted molar refractivity (Wildman–Crippen MR) is 147 cm³/mol. The number of hydrogen-bond donors (Lipinski definition) is 2. The van der Waals surface area contributed by atoms with Crippen LogP contribution in [0.3, 0.4) is 0 Å². The lowest BCUT2D eigenvalue weighted by Crippen LogP contribution is -2.44. The van der Waals surface area contributed by atoms with Crippen molar-refractivity contribution in [3.05, 3.63) is 35.7 Å². The van der Waals surface area contributed by atoms with Crippen molar-refractivity contribution < 1.29 is 24.5 Å². The summed E-state index contributed by atoms with van der Waals surface area (Å²) in [6.45, 7) is 5.76. The molecule has 0 saturated carbocycles. The van der Waals surface area contributed by atoms with Crippen molar-refractivity contribution in [1.29, 1.82) is 0 Å². The van der Waals surface area contributed by atoms with Gasteiger partial charge in [-0.2, -0.15) is 0 Å². The molecule has 3 heterocycles. The SMILES string of the molecule is CN1CCC(N(C)C=O)CC1.COc1ccc(-n2c(C)c(O)c(O)c2C(=O)N(C)C2CCN(C)CC2)cc1. The van der Waals surface area contributed by atoms with Crippen LogP contribution < -0.4 is 4.74 Å². The normalized spacial score (nSPS) is 17.4. The molecule has 0 atom stereocenters. The van der Waals surface area contributed by atoms with Crippen LogP contribution in [0.4, 0.5) is 0 Å². The van der Waals surface area contributed by atoms with Crippen molar-refractivity contribution in [2.45, 2.75) is 44.7 Å². The van der Waals surface area contributed by atoms with Crippen LogP contribution >= 0.6 is 0 Å². The van der Waals surface area contributed by atoms with Crippen molar-refractivity contribution in [1.82, 2.24) is 24.2 Å². The van der Waals surface area contributed by atoms with Crippen LogP contribution in [-0.2, 0) is 4.79 Å². The van der Waals surface area contributed by atoms with Crippen LogP contribution in [0.1, 0.15) is 41.9 Å². The lowest BCUT2D eigenvalue weighted by Gasteiger charge is -2.35. The van der Waals surface area contributed by atoms with E-state index in [2.05, 4.69) is 23.9 Å². The quantitative estimate of drug-likeness (QED) is 0.555. The molecule has 0 radical (unpaired) electrons. The van der Waals surface area contributed by atoms with Gasteiger partial charge in [0.05, 0.1) is 12.8 Å². The zero-order valence-corrected chi connectivity index (χ0v) is 23.6. The van der Waals surface area contributed by atoms with Crippen molar-refractivity contribution in [2.75, 3.05) is 61.5 Å². The van der Waals surface area contributed by atoms with Gasteiger partial charge in [-0.25, -0.2) is 0 Å². The predicted octanol–water partition coefficient (Wildman–Crippen LogP) is 2.54. The number of amides is 2.